The maximum Gasteiger partial charge on any atom is 0.335 e. The monoisotopic (exact) mass is 393 g/mol. The number of sulfonamides is 1. The molecule has 0 fully saturated rings. The normalized spacial score (nSPS) is 11.2. The average Bonchev–Trinajstić information content (AvgIpc) is 2.57. The van der Waals surface area contributed by atoms with Crippen LogP contribution in [0.4, 0.5) is 10.7 Å². The van der Waals surface area contributed by atoms with Crippen molar-refractivity contribution in [3.8, 4) is 5.75 Å². The summed E-state index contributed by atoms with van der Waals surface area (Å²) in [7, 11) is -2.79. The summed E-state index contributed by atoms with van der Waals surface area (Å²) in [6.45, 7) is 3.46. The zero-order valence-corrected chi connectivity index (χ0v) is 15.7. The smallest absolute Gasteiger partial charge is 0.335 e. The fourth-order valence-corrected chi connectivity index (χ4v) is 3.10. The van der Waals surface area contributed by atoms with Crippen LogP contribution in [0.15, 0.2) is 47.7 Å². The highest BCUT2D eigenvalue weighted by Gasteiger charge is 2.22. The number of ether oxygens (including phenoxy) is 1. The summed E-state index contributed by atoms with van der Waals surface area (Å²) in [5.74, 6) is 0.0212. The van der Waals surface area contributed by atoms with Crippen molar-refractivity contribution < 1.29 is 22.8 Å². The largest absolute Gasteiger partial charge is 0.462 e. The molecule has 0 unspecified atom stereocenters. The van der Waals surface area contributed by atoms with Gasteiger partial charge in [0.05, 0.1) is 13.3 Å². The van der Waals surface area contributed by atoms with Crippen molar-refractivity contribution >= 4 is 22.0 Å². The minimum Gasteiger partial charge on any atom is -0.462 e. The molecule has 2 amide bonds. The number of carbonyl (C=O) groups excluding carboxylic acids is 1. The van der Waals surface area contributed by atoms with Gasteiger partial charge in [0.15, 0.2) is 0 Å². The third-order valence-electron chi connectivity index (χ3n) is 3.02. The lowest BCUT2D eigenvalue weighted by molar-refractivity contribution is 0.126. The van der Waals surface area contributed by atoms with Crippen molar-refractivity contribution in [2.75, 3.05) is 12.4 Å². The number of hydroxylamine groups is 1. The van der Waals surface area contributed by atoms with Crippen LogP contribution in [0.3, 0.4) is 0 Å². The number of nitrogens with zero attached hydrogens (tertiary/aromatic N) is 2. The Hall–Kier alpha value is -3.18. The maximum atomic E-state index is 12.5. The molecule has 0 atom stereocenters. The molecule has 27 heavy (non-hydrogen) atoms. The molecule has 0 spiro atoms. The topological polar surface area (TPSA) is 132 Å². The first kappa shape index (κ1) is 20.1. The van der Waals surface area contributed by atoms with Gasteiger partial charge in [-0.1, -0.05) is 12.1 Å². The fraction of sp³-hybridized carbons (Fsp3) is 0.188. The van der Waals surface area contributed by atoms with E-state index in [1.54, 1.807) is 26.0 Å². The molecule has 0 radical (unpaired) electrons. The molecule has 0 saturated carbocycles. The molecule has 1 heterocycles. The van der Waals surface area contributed by atoms with Crippen LogP contribution >= 0.6 is 0 Å². The molecule has 3 N–H and O–H groups in total. The van der Waals surface area contributed by atoms with Crippen molar-refractivity contribution in [3.05, 3.63) is 54.2 Å². The summed E-state index contributed by atoms with van der Waals surface area (Å²) in [5.41, 5.74) is 3.67. The second-order valence-electron chi connectivity index (χ2n) is 5.22. The second-order valence-corrected chi connectivity index (χ2v) is 6.87. The van der Waals surface area contributed by atoms with Crippen LogP contribution in [-0.4, -0.2) is 31.5 Å². The second kappa shape index (κ2) is 8.96. The first-order valence-electron chi connectivity index (χ1n) is 7.67. The predicted molar refractivity (Wildman–Crippen MR) is 97.2 cm³/mol. The lowest BCUT2D eigenvalue weighted by atomic mass is 10.3. The van der Waals surface area contributed by atoms with Gasteiger partial charge in [0.1, 0.15) is 16.9 Å². The predicted octanol–water partition coefficient (Wildman–Crippen LogP) is 1.60. The third kappa shape index (κ3) is 5.94. The summed E-state index contributed by atoms with van der Waals surface area (Å²) in [5, 5.41) is 2.30. The highest BCUT2D eigenvalue weighted by Crippen LogP contribution is 2.23. The van der Waals surface area contributed by atoms with Crippen LogP contribution in [0, 0.1) is 13.8 Å². The van der Waals surface area contributed by atoms with Gasteiger partial charge < -0.3 is 4.74 Å². The molecule has 10 nitrogen and oxygen atoms in total. The van der Waals surface area contributed by atoms with E-state index in [1.807, 2.05) is 4.72 Å². The van der Waals surface area contributed by atoms with Crippen LogP contribution in [0.25, 0.3) is 0 Å². The van der Waals surface area contributed by atoms with Gasteiger partial charge in [-0.25, -0.2) is 27.9 Å². The number of urea groups is 1. The molecule has 1 aromatic carbocycles. The Bertz CT molecular complexity index is 926. The summed E-state index contributed by atoms with van der Waals surface area (Å²) in [6, 6.07) is 6.57. The highest BCUT2D eigenvalue weighted by atomic mass is 32.2. The highest BCUT2D eigenvalue weighted by molar-refractivity contribution is 7.90. The maximum absolute atomic E-state index is 12.5. The number of benzene rings is 1. The van der Waals surface area contributed by atoms with Gasteiger partial charge in [0, 0.05) is 11.4 Å². The molecule has 1 aromatic heterocycles. The molecule has 144 valence electrons. The number of hydrogen-bond donors (Lipinski definition) is 3. The van der Waals surface area contributed by atoms with E-state index in [0.717, 1.165) is 0 Å². The van der Waals surface area contributed by atoms with Gasteiger partial charge in [0.2, 0.25) is 5.95 Å². The molecule has 0 bridgehead atoms. The quantitative estimate of drug-likeness (QED) is 0.477. The number of para-hydroxylation sites is 1. The number of amides is 2. The summed E-state index contributed by atoms with van der Waals surface area (Å²) in [6.07, 6.45) is 2.52. The molecule has 0 aliphatic carbocycles. The van der Waals surface area contributed by atoms with Gasteiger partial charge in [-0.3, -0.25) is 15.6 Å². The van der Waals surface area contributed by atoms with Crippen molar-refractivity contribution in [2.45, 2.75) is 18.7 Å². The molecule has 2 rings (SSSR count). The van der Waals surface area contributed by atoms with Gasteiger partial charge in [-0.15, -0.1) is 0 Å². The summed E-state index contributed by atoms with van der Waals surface area (Å²) >= 11 is 0. The van der Waals surface area contributed by atoms with Gasteiger partial charge in [0.25, 0.3) is 10.0 Å². The van der Waals surface area contributed by atoms with E-state index in [4.69, 9.17) is 4.74 Å². The Kier molecular flexibility index (Phi) is 6.68. The van der Waals surface area contributed by atoms with Crippen molar-refractivity contribution in [1.82, 2.24) is 20.2 Å². The number of nitrogens with one attached hydrogen (secondary N) is 3. The van der Waals surface area contributed by atoms with E-state index in [1.165, 1.54) is 37.8 Å². The number of anilines is 1. The molecule has 0 saturated heterocycles. The molecular weight excluding hydrogens is 374 g/mol. The van der Waals surface area contributed by atoms with Crippen LogP contribution in [0.5, 0.6) is 5.75 Å². The lowest BCUT2D eigenvalue weighted by Gasteiger charge is -2.11. The number of aryl methyl sites for hydroxylation is 2. The minimum atomic E-state index is -4.20. The number of rotatable bonds is 7. The third-order valence-corrected chi connectivity index (χ3v) is 4.39. The SMILES string of the molecule is CONC=COc1ccccc1S(=O)(=O)NC(=O)Nc1nc(C)cc(C)n1. The molecule has 0 aliphatic heterocycles. The Morgan fingerprint density at radius 1 is 1.15 bits per heavy atom. The fourth-order valence-electron chi connectivity index (χ4n) is 2.06. The van der Waals surface area contributed by atoms with Crippen LogP contribution in [0.1, 0.15) is 11.4 Å². The molecule has 0 aliphatic rings. The zero-order chi connectivity index (χ0) is 19.9. The first-order chi connectivity index (χ1) is 12.8. The standard InChI is InChI=1S/C16H19N5O5S/c1-11-10-12(2)19-15(18-11)20-16(22)21-27(23,24)14-7-5-4-6-13(14)26-9-8-17-25-3/h4-10,17H,1-3H3,(H2,18,19,20,21,22). The van der Waals surface area contributed by atoms with Gasteiger partial charge in [-0.2, -0.15) is 0 Å². The first-order valence-corrected chi connectivity index (χ1v) is 9.15. The van der Waals surface area contributed by atoms with E-state index in [0.29, 0.717) is 11.4 Å². The Balaban J connectivity index is 2.15. The van der Waals surface area contributed by atoms with E-state index in [9.17, 15) is 13.2 Å². The number of aromatic nitrogens is 2. The lowest BCUT2D eigenvalue weighted by Crippen LogP contribution is -2.35. The van der Waals surface area contributed by atoms with Crippen LogP contribution in [-0.2, 0) is 14.9 Å². The van der Waals surface area contributed by atoms with Crippen LogP contribution < -0.4 is 20.3 Å². The van der Waals surface area contributed by atoms with Crippen molar-refractivity contribution in [1.29, 1.82) is 0 Å². The van der Waals surface area contributed by atoms with Gasteiger partial charge in [-0.05, 0) is 32.0 Å². The minimum absolute atomic E-state index is 0.00157. The Labute approximate surface area is 156 Å². The van der Waals surface area contributed by atoms with E-state index in [-0.39, 0.29) is 16.6 Å². The summed E-state index contributed by atoms with van der Waals surface area (Å²) in [4.78, 5) is 24.5. The molecule has 2 aromatic rings. The van der Waals surface area contributed by atoms with Crippen molar-refractivity contribution in [2.24, 2.45) is 0 Å². The van der Waals surface area contributed by atoms with E-state index < -0.39 is 16.1 Å². The Morgan fingerprint density at radius 3 is 2.48 bits per heavy atom. The Morgan fingerprint density at radius 2 is 1.81 bits per heavy atom. The van der Waals surface area contributed by atoms with Gasteiger partial charge >= 0.3 is 6.03 Å². The summed E-state index contributed by atoms with van der Waals surface area (Å²) < 4.78 is 32.2. The molecule has 11 heteroatoms. The number of hydrogen-bond acceptors (Lipinski definition) is 8. The molecular formula is C16H19N5O5S. The van der Waals surface area contributed by atoms with Crippen LogP contribution in [0.2, 0.25) is 0 Å². The van der Waals surface area contributed by atoms with E-state index in [2.05, 4.69) is 25.6 Å². The number of carbonyl (C=O) groups is 1. The average molecular weight is 393 g/mol. The van der Waals surface area contributed by atoms with E-state index >= 15 is 0 Å². The van der Waals surface area contributed by atoms with Crippen molar-refractivity contribution in [3.63, 3.8) is 0 Å². The zero-order valence-electron chi connectivity index (χ0n) is 14.9.